The van der Waals surface area contributed by atoms with Gasteiger partial charge >= 0.3 is 6.36 Å². The fraction of sp³-hybridized carbons (Fsp3) is 0.667. The Kier molecular flexibility index (Phi) is 5.11. The molecular formula is C18H23F3O3. The van der Waals surface area contributed by atoms with Crippen molar-refractivity contribution in [1.82, 2.24) is 0 Å². The lowest BCUT2D eigenvalue weighted by Gasteiger charge is -2.19. The molecule has 6 heteroatoms. The third kappa shape index (κ3) is 4.71. The van der Waals surface area contributed by atoms with E-state index in [9.17, 15) is 13.2 Å². The van der Waals surface area contributed by atoms with Gasteiger partial charge in [-0.3, -0.25) is 0 Å². The minimum absolute atomic E-state index is 0.108. The summed E-state index contributed by atoms with van der Waals surface area (Å²) >= 11 is 0. The van der Waals surface area contributed by atoms with Gasteiger partial charge in [0.1, 0.15) is 5.75 Å². The van der Waals surface area contributed by atoms with E-state index in [1.807, 2.05) is 0 Å². The standard InChI is InChI=1S/C18H23F3O3/c1-12-15(23-14-6-7-14)8-9-16(17(12)24-18(19,20)21)22-11-10-13-4-2-3-5-13/h8-9,13-14H,2-7,10-11H2,1H3. The summed E-state index contributed by atoms with van der Waals surface area (Å²) in [4.78, 5) is 0. The first-order valence-electron chi connectivity index (χ1n) is 8.61. The molecule has 0 radical (unpaired) electrons. The molecule has 3 nitrogen and oxygen atoms in total. The molecule has 134 valence electrons. The van der Waals surface area contributed by atoms with Crippen LogP contribution in [0.2, 0.25) is 0 Å². The summed E-state index contributed by atoms with van der Waals surface area (Å²) in [5.74, 6) is 0.897. The number of alkyl halides is 3. The van der Waals surface area contributed by atoms with Crippen molar-refractivity contribution in [2.24, 2.45) is 5.92 Å². The molecule has 1 aromatic carbocycles. The Morgan fingerprint density at radius 2 is 1.71 bits per heavy atom. The molecule has 0 spiro atoms. The number of halogens is 3. The zero-order valence-corrected chi connectivity index (χ0v) is 13.8. The zero-order valence-electron chi connectivity index (χ0n) is 13.8. The largest absolute Gasteiger partial charge is 0.573 e. The molecule has 0 bridgehead atoms. The summed E-state index contributed by atoms with van der Waals surface area (Å²) in [5.41, 5.74) is 0.331. The number of ether oxygens (including phenoxy) is 3. The molecule has 24 heavy (non-hydrogen) atoms. The number of rotatable bonds is 7. The lowest BCUT2D eigenvalue weighted by Crippen LogP contribution is -2.19. The van der Waals surface area contributed by atoms with Crippen molar-refractivity contribution < 1.29 is 27.4 Å². The van der Waals surface area contributed by atoms with Crippen LogP contribution in [0.5, 0.6) is 17.2 Å². The topological polar surface area (TPSA) is 27.7 Å². The first-order valence-corrected chi connectivity index (χ1v) is 8.61. The van der Waals surface area contributed by atoms with Gasteiger partial charge in [-0.2, -0.15) is 0 Å². The van der Waals surface area contributed by atoms with Gasteiger partial charge in [0.2, 0.25) is 0 Å². The van der Waals surface area contributed by atoms with E-state index < -0.39 is 6.36 Å². The third-order valence-corrected chi connectivity index (χ3v) is 4.61. The number of hydrogen-bond donors (Lipinski definition) is 0. The highest BCUT2D eigenvalue weighted by Crippen LogP contribution is 2.42. The quantitative estimate of drug-likeness (QED) is 0.663. The van der Waals surface area contributed by atoms with E-state index in [0.29, 0.717) is 23.8 Å². The molecule has 2 aliphatic carbocycles. The maximum absolute atomic E-state index is 12.8. The van der Waals surface area contributed by atoms with Crippen molar-refractivity contribution in [3.63, 3.8) is 0 Å². The first kappa shape index (κ1) is 17.2. The van der Waals surface area contributed by atoms with Gasteiger partial charge in [-0.05, 0) is 44.2 Å². The predicted octanol–water partition coefficient (Wildman–Crippen LogP) is 5.39. The molecule has 0 heterocycles. The molecule has 0 N–H and O–H groups in total. The zero-order chi connectivity index (χ0) is 17.2. The van der Waals surface area contributed by atoms with E-state index in [-0.39, 0.29) is 17.6 Å². The molecule has 0 saturated heterocycles. The molecule has 2 aliphatic rings. The first-order chi connectivity index (χ1) is 11.4. The Morgan fingerprint density at radius 1 is 1.04 bits per heavy atom. The summed E-state index contributed by atoms with van der Waals surface area (Å²) in [5, 5.41) is 0. The van der Waals surface area contributed by atoms with Crippen LogP contribution in [0.15, 0.2) is 12.1 Å². The fourth-order valence-corrected chi connectivity index (χ4v) is 3.13. The highest BCUT2D eigenvalue weighted by atomic mass is 19.4. The molecule has 0 atom stereocenters. The average Bonchev–Trinajstić information content (AvgIpc) is 3.17. The van der Waals surface area contributed by atoms with Gasteiger partial charge in [0.25, 0.3) is 0 Å². The molecule has 0 aromatic heterocycles. The van der Waals surface area contributed by atoms with Crippen LogP contribution in [0.3, 0.4) is 0 Å². The van der Waals surface area contributed by atoms with Gasteiger partial charge in [0.15, 0.2) is 11.5 Å². The molecule has 0 aliphatic heterocycles. The minimum Gasteiger partial charge on any atom is -0.490 e. The van der Waals surface area contributed by atoms with Crippen LogP contribution in [0, 0.1) is 12.8 Å². The Hall–Kier alpha value is -1.59. The molecule has 0 amide bonds. The van der Waals surface area contributed by atoms with Crippen molar-refractivity contribution in [2.45, 2.75) is 64.3 Å². The molecule has 0 unspecified atom stereocenters. The van der Waals surface area contributed by atoms with Crippen LogP contribution in [-0.4, -0.2) is 19.1 Å². The van der Waals surface area contributed by atoms with Crippen molar-refractivity contribution in [1.29, 1.82) is 0 Å². The normalized spacial score (nSPS) is 18.7. The van der Waals surface area contributed by atoms with E-state index in [1.165, 1.54) is 31.7 Å². The number of hydrogen-bond acceptors (Lipinski definition) is 3. The second-order valence-electron chi connectivity index (χ2n) is 6.67. The lowest BCUT2D eigenvalue weighted by atomic mass is 10.1. The van der Waals surface area contributed by atoms with Crippen molar-refractivity contribution >= 4 is 0 Å². The highest BCUT2D eigenvalue weighted by Gasteiger charge is 2.34. The van der Waals surface area contributed by atoms with E-state index in [0.717, 1.165) is 19.3 Å². The molecular weight excluding hydrogens is 321 g/mol. The molecule has 3 rings (SSSR count). The molecule has 2 fully saturated rings. The Balaban J connectivity index is 1.71. The van der Waals surface area contributed by atoms with Gasteiger partial charge in [-0.1, -0.05) is 25.7 Å². The summed E-state index contributed by atoms with van der Waals surface area (Å²) < 4.78 is 53.8. The van der Waals surface area contributed by atoms with Crippen LogP contribution in [0.1, 0.15) is 50.5 Å². The van der Waals surface area contributed by atoms with Gasteiger partial charge in [-0.15, -0.1) is 13.2 Å². The Bertz CT molecular complexity index is 561. The van der Waals surface area contributed by atoms with Crippen LogP contribution >= 0.6 is 0 Å². The minimum atomic E-state index is -4.76. The third-order valence-electron chi connectivity index (χ3n) is 4.61. The smallest absolute Gasteiger partial charge is 0.490 e. The van der Waals surface area contributed by atoms with Gasteiger partial charge in [-0.25, -0.2) is 0 Å². The van der Waals surface area contributed by atoms with Gasteiger partial charge in [0, 0.05) is 5.56 Å². The van der Waals surface area contributed by atoms with Gasteiger partial charge < -0.3 is 14.2 Å². The highest BCUT2D eigenvalue weighted by molar-refractivity contribution is 5.53. The SMILES string of the molecule is Cc1c(OC2CC2)ccc(OCCC2CCCC2)c1OC(F)(F)F. The molecule has 2 saturated carbocycles. The van der Waals surface area contributed by atoms with Crippen molar-refractivity contribution in [3.05, 3.63) is 17.7 Å². The predicted molar refractivity (Wildman–Crippen MR) is 83.6 cm³/mol. The Morgan fingerprint density at radius 3 is 2.33 bits per heavy atom. The van der Waals surface area contributed by atoms with Crippen LogP contribution in [-0.2, 0) is 0 Å². The fourth-order valence-electron chi connectivity index (χ4n) is 3.13. The second-order valence-corrected chi connectivity index (χ2v) is 6.67. The average molecular weight is 344 g/mol. The van der Waals surface area contributed by atoms with Crippen LogP contribution in [0.25, 0.3) is 0 Å². The summed E-state index contributed by atoms with van der Waals surface area (Å²) in [6.07, 6.45) is 2.93. The number of benzene rings is 1. The second kappa shape index (κ2) is 7.11. The van der Waals surface area contributed by atoms with Crippen LogP contribution in [0.4, 0.5) is 13.2 Å². The van der Waals surface area contributed by atoms with Crippen molar-refractivity contribution in [3.8, 4) is 17.2 Å². The van der Waals surface area contributed by atoms with E-state index in [1.54, 1.807) is 13.0 Å². The maximum atomic E-state index is 12.8. The van der Waals surface area contributed by atoms with Crippen LogP contribution < -0.4 is 14.2 Å². The van der Waals surface area contributed by atoms with E-state index in [4.69, 9.17) is 9.47 Å². The lowest BCUT2D eigenvalue weighted by molar-refractivity contribution is -0.275. The van der Waals surface area contributed by atoms with Crippen molar-refractivity contribution in [2.75, 3.05) is 6.61 Å². The monoisotopic (exact) mass is 344 g/mol. The van der Waals surface area contributed by atoms with Gasteiger partial charge in [0.05, 0.1) is 12.7 Å². The summed E-state index contributed by atoms with van der Waals surface area (Å²) in [7, 11) is 0. The molecule has 1 aromatic rings. The maximum Gasteiger partial charge on any atom is 0.573 e. The van der Waals surface area contributed by atoms with E-state index >= 15 is 0 Å². The Labute approximate surface area is 140 Å². The summed E-state index contributed by atoms with van der Waals surface area (Å²) in [6.45, 7) is 1.98. The van der Waals surface area contributed by atoms with E-state index in [2.05, 4.69) is 4.74 Å². The summed E-state index contributed by atoms with van der Waals surface area (Å²) in [6, 6.07) is 3.18.